The summed E-state index contributed by atoms with van der Waals surface area (Å²) in [5.74, 6) is -0.978. The maximum Gasteiger partial charge on any atom is 0.419 e. The molecule has 0 spiro atoms. The summed E-state index contributed by atoms with van der Waals surface area (Å²) < 4.78 is 40.0. The number of nitrogens with zero attached hydrogens (tertiary/aromatic N) is 5. The molecule has 2 N–H and O–H groups in total. The summed E-state index contributed by atoms with van der Waals surface area (Å²) in [4.78, 5) is 30.3. The summed E-state index contributed by atoms with van der Waals surface area (Å²) in [6.07, 6.45) is -0.861. The number of nitrogens with one attached hydrogen (secondary N) is 2. The summed E-state index contributed by atoms with van der Waals surface area (Å²) in [6, 6.07) is 5.87. The van der Waals surface area contributed by atoms with Crippen LogP contribution in [0.4, 0.5) is 24.7 Å². The van der Waals surface area contributed by atoms with E-state index in [2.05, 4.69) is 25.7 Å². The molecule has 10 nitrogen and oxygen atoms in total. The minimum Gasteiger partial charge on any atom is -0.368 e. The lowest BCUT2D eigenvalue weighted by molar-refractivity contribution is -0.384. The van der Waals surface area contributed by atoms with E-state index < -0.39 is 22.6 Å². The van der Waals surface area contributed by atoms with Crippen LogP contribution >= 0.6 is 0 Å². The van der Waals surface area contributed by atoms with Gasteiger partial charge in [0.05, 0.1) is 10.5 Å². The van der Waals surface area contributed by atoms with Crippen molar-refractivity contribution in [2.24, 2.45) is 0 Å². The van der Waals surface area contributed by atoms with Crippen LogP contribution in [-0.2, 0) is 6.18 Å². The van der Waals surface area contributed by atoms with Gasteiger partial charge in [-0.3, -0.25) is 14.9 Å². The lowest BCUT2D eigenvalue weighted by atomic mass is 10.1. The predicted molar refractivity (Wildman–Crippen MR) is 98.1 cm³/mol. The first kappa shape index (κ1) is 20.7. The number of carbonyl (C=O) groups is 1. The second-order valence-electron chi connectivity index (χ2n) is 5.88. The Bertz CT molecular complexity index is 1060. The molecule has 0 aliphatic rings. The van der Waals surface area contributed by atoms with Crippen molar-refractivity contribution in [1.29, 1.82) is 0 Å². The summed E-state index contributed by atoms with van der Waals surface area (Å²) >= 11 is 0. The van der Waals surface area contributed by atoms with Gasteiger partial charge in [-0.1, -0.05) is 0 Å². The molecule has 3 aromatic rings. The van der Waals surface area contributed by atoms with Crippen LogP contribution in [0.25, 0.3) is 5.69 Å². The highest BCUT2D eigenvalue weighted by molar-refractivity contribution is 5.95. The first-order valence-corrected chi connectivity index (χ1v) is 8.45. The van der Waals surface area contributed by atoms with Crippen molar-refractivity contribution in [3.8, 4) is 5.69 Å². The van der Waals surface area contributed by atoms with Gasteiger partial charge >= 0.3 is 6.18 Å². The number of aromatic nitrogens is 4. The van der Waals surface area contributed by atoms with Crippen molar-refractivity contribution in [3.05, 3.63) is 70.4 Å². The van der Waals surface area contributed by atoms with Gasteiger partial charge in [0.2, 0.25) is 0 Å². The van der Waals surface area contributed by atoms with E-state index in [9.17, 15) is 28.1 Å². The number of hydrogen-bond donors (Lipinski definition) is 2. The Morgan fingerprint density at radius 2 is 2.03 bits per heavy atom. The van der Waals surface area contributed by atoms with Crippen molar-refractivity contribution in [2.45, 2.75) is 6.18 Å². The van der Waals surface area contributed by atoms with Crippen LogP contribution in [0.3, 0.4) is 0 Å². The highest BCUT2D eigenvalue weighted by Gasteiger charge is 2.33. The third-order valence-corrected chi connectivity index (χ3v) is 3.92. The Kier molecular flexibility index (Phi) is 5.90. The molecule has 0 atom stereocenters. The van der Waals surface area contributed by atoms with Crippen molar-refractivity contribution < 1.29 is 22.9 Å². The summed E-state index contributed by atoms with van der Waals surface area (Å²) in [7, 11) is 0. The molecule has 2 heterocycles. The van der Waals surface area contributed by atoms with Gasteiger partial charge in [0.1, 0.15) is 24.2 Å². The number of amides is 1. The van der Waals surface area contributed by atoms with Crippen molar-refractivity contribution in [1.82, 2.24) is 25.1 Å². The van der Waals surface area contributed by atoms with E-state index in [1.807, 2.05) is 0 Å². The lowest BCUT2D eigenvalue weighted by Gasteiger charge is -2.13. The average Bonchev–Trinajstić information content (AvgIpc) is 3.25. The predicted octanol–water partition coefficient (Wildman–Crippen LogP) is 2.43. The standard InChI is InChI=1S/C17H14F3N7O3/c18-17(19,20)12-2-1-5-22-15(12)23-6-7-24-16(28)11-3-4-13(14(8-11)27(29)30)26-10-21-9-25-26/h1-5,8-10H,6-7H2,(H,22,23)(H,24,28). The third-order valence-electron chi connectivity index (χ3n) is 3.92. The van der Waals surface area contributed by atoms with Gasteiger partial charge in [-0.05, 0) is 24.3 Å². The number of pyridine rings is 1. The van der Waals surface area contributed by atoms with Crippen LogP contribution in [0.2, 0.25) is 0 Å². The van der Waals surface area contributed by atoms with Crippen molar-refractivity contribution in [2.75, 3.05) is 18.4 Å². The smallest absolute Gasteiger partial charge is 0.368 e. The van der Waals surface area contributed by atoms with Gasteiger partial charge in [-0.25, -0.2) is 14.6 Å². The Morgan fingerprint density at radius 3 is 2.70 bits per heavy atom. The zero-order valence-electron chi connectivity index (χ0n) is 15.1. The second-order valence-corrected chi connectivity index (χ2v) is 5.88. The van der Waals surface area contributed by atoms with Crippen LogP contribution in [0, 0.1) is 10.1 Å². The summed E-state index contributed by atoms with van der Waals surface area (Å²) in [6.45, 7) is -0.0731. The molecular weight excluding hydrogens is 407 g/mol. The molecule has 30 heavy (non-hydrogen) atoms. The van der Waals surface area contributed by atoms with Crippen LogP contribution in [0.5, 0.6) is 0 Å². The Hall–Kier alpha value is -4.03. The quantitative estimate of drug-likeness (QED) is 0.341. The molecule has 0 unspecified atom stereocenters. The minimum absolute atomic E-state index is 0.0133. The van der Waals surface area contributed by atoms with E-state index in [0.29, 0.717) is 0 Å². The van der Waals surface area contributed by atoms with Crippen molar-refractivity contribution in [3.63, 3.8) is 0 Å². The average molecular weight is 421 g/mol. The highest BCUT2D eigenvalue weighted by atomic mass is 19.4. The number of rotatable bonds is 7. The first-order chi connectivity index (χ1) is 14.3. The van der Waals surface area contributed by atoms with Crippen LogP contribution in [-0.4, -0.2) is 43.7 Å². The number of anilines is 1. The molecular formula is C17H14F3N7O3. The molecule has 0 aliphatic carbocycles. The molecule has 3 rings (SSSR count). The first-order valence-electron chi connectivity index (χ1n) is 8.45. The van der Waals surface area contributed by atoms with Crippen LogP contribution in [0.1, 0.15) is 15.9 Å². The van der Waals surface area contributed by atoms with Gasteiger partial charge in [0, 0.05) is 30.9 Å². The molecule has 0 saturated carbocycles. The number of benzene rings is 1. The van der Waals surface area contributed by atoms with Crippen LogP contribution in [0.15, 0.2) is 49.2 Å². The third kappa shape index (κ3) is 4.68. The monoisotopic (exact) mass is 421 g/mol. The maximum absolute atomic E-state index is 12.9. The lowest BCUT2D eigenvalue weighted by Crippen LogP contribution is -2.29. The Morgan fingerprint density at radius 1 is 1.23 bits per heavy atom. The van der Waals surface area contributed by atoms with Crippen LogP contribution < -0.4 is 10.6 Å². The molecule has 0 fully saturated rings. The maximum atomic E-state index is 12.9. The normalized spacial score (nSPS) is 11.2. The van der Waals surface area contributed by atoms with Crippen molar-refractivity contribution >= 4 is 17.4 Å². The number of alkyl halides is 3. The highest BCUT2D eigenvalue weighted by Crippen LogP contribution is 2.33. The molecule has 156 valence electrons. The zero-order chi connectivity index (χ0) is 21.7. The molecule has 13 heteroatoms. The number of carbonyl (C=O) groups excluding carboxylic acids is 1. The van der Waals surface area contributed by atoms with Gasteiger partial charge in [0.25, 0.3) is 11.6 Å². The summed E-state index contributed by atoms with van der Waals surface area (Å²) in [5.41, 5.74) is -1.13. The molecule has 0 aliphatic heterocycles. The largest absolute Gasteiger partial charge is 0.419 e. The van der Waals surface area contributed by atoms with Gasteiger partial charge < -0.3 is 10.6 Å². The fraction of sp³-hybridized carbons (Fsp3) is 0.176. The molecule has 0 saturated heterocycles. The molecule has 0 radical (unpaired) electrons. The van der Waals surface area contributed by atoms with Gasteiger partial charge in [-0.15, -0.1) is 0 Å². The molecule has 1 amide bonds. The fourth-order valence-corrected chi connectivity index (χ4v) is 2.57. The van der Waals surface area contributed by atoms with E-state index in [4.69, 9.17) is 0 Å². The SMILES string of the molecule is O=C(NCCNc1ncccc1C(F)(F)F)c1ccc(-n2cncn2)c([N+](=O)[O-])c1. The Balaban J connectivity index is 1.64. The van der Waals surface area contributed by atoms with E-state index >= 15 is 0 Å². The number of nitro benzene ring substituents is 1. The topological polar surface area (TPSA) is 128 Å². The zero-order valence-corrected chi connectivity index (χ0v) is 15.1. The van der Waals surface area contributed by atoms with E-state index in [0.717, 1.165) is 12.1 Å². The molecule has 2 aromatic heterocycles. The molecule has 1 aromatic carbocycles. The van der Waals surface area contributed by atoms with E-state index in [1.165, 1.54) is 41.7 Å². The number of hydrogen-bond acceptors (Lipinski definition) is 7. The Labute approximate surface area is 166 Å². The fourth-order valence-electron chi connectivity index (χ4n) is 2.57. The van der Waals surface area contributed by atoms with E-state index in [1.54, 1.807) is 0 Å². The van der Waals surface area contributed by atoms with E-state index in [-0.39, 0.29) is 35.8 Å². The second kappa shape index (κ2) is 8.55. The molecule has 0 bridgehead atoms. The van der Waals surface area contributed by atoms with Gasteiger partial charge in [0.15, 0.2) is 0 Å². The van der Waals surface area contributed by atoms with Gasteiger partial charge in [-0.2, -0.15) is 18.3 Å². The number of halogens is 3. The summed E-state index contributed by atoms with van der Waals surface area (Å²) in [5, 5.41) is 20.1. The number of nitro groups is 1. The minimum atomic E-state index is -4.56.